The summed E-state index contributed by atoms with van der Waals surface area (Å²) in [6, 6.07) is 0. The van der Waals surface area contributed by atoms with E-state index in [1.54, 1.807) is 26.0 Å². The number of ketones is 2. The maximum absolute atomic E-state index is 13.5. The lowest BCUT2D eigenvalue weighted by atomic mass is 9.85. The van der Waals surface area contributed by atoms with Gasteiger partial charge in [-0.25, -0.2) is 4.79 Å². The first kappa shape index (κ1) is 36.1. The number of carbonyl (C=O) groups excluding carboxylic acids is 5. The molecule has 0 saturated carbocycles. The van der Waals surface area contributed by atoms with Crippen LogP contribution in [0.2, 0.25) is 0 Å². The number of ether oxygens (including phenoxy) is 5. The molecule has 2 unspecified atom stereocenters. The smallest absolute Gasteiger partial charge is 0.405 e. The Hall–Kier alpha value is -4.07. The Labute approximate surface area is 257 Å². The SMILES string of the molecule is COC1=C2C[C@@H](C)C[C@H](OC)C(OC(=O)CN)[C@H](C)/C=C(\C)[C@@H](OC(N)=O)C(OC)/C=C\C=C(/C)C(=O)NC(=CC1=O)C2=O. The van der Waals surface area contributed by atoms with Gasteiger partial charge >= 0.3 is 12.1 Å². The van der Waals surface area contributed by atoms with Gasteiger partial charge in [-0.05, 0) is 38.2 Å². The molecule has 5 N–H and O–H groups in total. The fourth-order valence-electron chi connectivity index (χ4n) is 5.15. The zero-order valence-corrected chi connectivity index (χ0v) is 26.2. The van der Waals surface area contributed by atoms with E-state index in [1.807, 2.05) is 6.92 Å². The lowest BCUT2D eigenvalue weighted by Gasteiger charge is -2.32. The molecule has 0 aromatic carbocycles. The van der Waals surface area contributed by atoms with Gasteiger partial charge < -0.3 is 40.5 Å². The van der Waals surface area contributed by atoms with Crippen molar-refractivity contribution in [1.29, 1.82) is 0 Å². The second-order valence-electron chi connectivity index (χ2n) is 10.8. The third-order valence-corrected chi connectivity index (χ3v) is 7.35. The Morgan fingerprint density at radius 1 is 1.05 bits per heavy atom. The number of esters is 1. The summed E-state index contributed by atoms with van der Waals surface area (Å²) in [6.07, 6.45) is 3.37. The van der Waals surface area contributed by atoms with Gasteiger partial charge in [0.15, 0.2) is 11.9 Å². The third kappa shape index (κ3) is 9.46. The van der Waals surface area contributed by atoms with Crippen LogP contribution in [0.1, 0.15) is 40.5 Å². The van der Waals surface area contributed by atoms with Crippen LogP contribution < -0.4 is 16.8 Å². The van der Waals surface area contributed by atoms with E-state index in [1.165, 1.54) is 40.4 Å². The fraction of sp³-hybridized carbons (Fsp3) is 0.516. The molecule has 1 heterocycles. The van der Waals surface area contributed by atoms with Crippen LogP contribution in [-0.2, 0) is 42.9 Å². The number of fused-ring (bicyclic) bond motifs is 2. The van der Waals surface area contributed by atoms with Gasteiger partial charge in [-0.2, -0.15) is 0 Å². The Bertz CT molecular complexity index is 1280. The summed E-state index contributed by atoms with van der Waals surface area (Å²) < 4.78 is 27.8. The normalized spacial score (nSPS) is 30.6. The molecule has 6 atom stereocenters. The van der Waals surface area contributed by atoms with E-state index in [9.17, 15) is 24.0 Å². The van der Waals surface area contributed by atoms with Crippen molar-refractivity contribution in [3.05, 3.63) is 58.6 Å². The minimum absolute atomic E-state index is 0.100. The van der Waals surface area contributed by atoms with Crippen molar-refractivity contribution in [2.45, 2.75) is 65.0 Å². The summed E-state index contributed by atoms with van der Waals surface area (Å²) in [6.45, 7) is 6.51. The summed E-state index contributed by atoms with van der Waals surface area (Å²) in [5, 5.41) is 2.52. The Morgan fingerprint density at radius 3 is 2.30 bits per heavy atom. The highest BCUT2D eigenvalue weighted by atomic mass is 16.6. The van der Waals surface area contributed by atoms with Crippen molar-refractivity contribution in [3.63, 3.8) is 0 Å². The molecular formula is C31H43N3O10. The minimum Gasteiger partial charge on any atom is -0.492 e. The van der Waals surface area contributed by atoms with E-state index in [2.05, 4.69) is 5.32 Å². The maximum Gasteiger partial charge on any atom is 0.405 e. The van der Waals surface area contributed by atoms with Crippen LogP contribution in [0.5, 0.6) is 0 Å². The highest BCUT2D eigenvalue weighted by Crippen LogP contribution is 2.30. The number of allylic oxidation sites excluding steroid dienone is 4. The molecular weight excluding hydrogens is 574 g/mol. The van der Waals surface area contributed by atoms with Crippen LogP contribution in [0.3, 0.4) is 0 Å². The van der Waals surface area contributed by atoms with Crippen molar-refractivity contribution in [2.24, 2.45) is 23.3 Å². The predicted molar refractivity (Wildman–Crippen MR) is 159 cm³/mol. The molecule has 0 fully saturated rings. The summed E-state index contributed by atoms with van der Waals surface area (Å²) in [4.78, 5) is 63.5. The van der Waals surface area contributed by atoms with Crippen LogP contribution in [-0.4, -0.2) is 81.8 Å². The molecule has 2 amide bonds. The fourth-order valence-corrected chi connectivity index (χ4v) is 5.15. The van der Waals surface area contributed by atoms with E-state index in [0.717, 1.165) is 6.08 Å². The van der Waals surface area contributed by atoms with Crippen molar-refractivity contribution < 1.29 is 47.7 Å². The van der Waals surface area contributed by atoms with Crippen molar-refractivity contribution in [1.82, 2.24) is 5.32 Å². The van der Waals surface area contributed by atoms with Gasteiger partial charge in [-0.3, -0.25) is 19.2 Å². The number of Topliss-reactive ketones (excluding diaryl/α,β-unsaturated/α-hetero) is 1. The average Bonchev–Trinajstić information content (AvgIpc) is 2.97. The molecule has 2 bridgehead atoms. The van der Waals surface area contributed by atoms with Crippen LogP contribution in [0.15, 0.2) is 58.6 Å². The molecule has 0 spiro atoms. The first-order chi connectivity index (χ1) is 20.8. The second-order valence-corrected chi connectivity index (χ2v) is 10.8. The maximum atomic E-state index is 13.5. The highest BCUT2D eigenvalue weighted by molar-refractivity contribution is 6.23. The van der Waals surface area contributed by atoms with Crippen LogP contribution >= 0.6 is 0 Å². The Balaban J connectivity index is 2.71. The van der Waals surface area contributed by atoms with E-state index in [0.29, 0.717) is 5.57 Å². The molecule has 1 aliphatic carbocycles. The van der Waals surface area contributed by atoms with Gasteiger partial charge in [0.2, 0.25) is 11.6 Å². The molecule has 1 aliphatic heterocycles. The van der Waals surface area contributed by atoms with Crippen LogP contribution in [0, 0.1) is 11.8 Å². The number of amides is 2. The van der Waals surface area contributed by atoms with Crippen LogP contribution in [0.4, 0.5) is 4.79 Å². The van der Waals surface area contributed by atoms with Crippen molar-refractivity contribution >= 4 is 29.5 Å². The molecule has 0 saturated heterocycles. The minimum atomic E-state index is -1.03. The van der Waals surface area contributed by atoms with Crippen molar-refractivity contribution in [2.75, 3.05) is 27.9 Å². The van der Waals surface area contributed by atoms with Gasteiger partial charge in [0.05, 0.1) is 25.5 Å². The molecule has 13 heteroatoms. The number of primary amides is 1. The van der Waals surface area contributed by atoms with Gasteiger partial charge in [-0.1, -0.05) is 38.2 Å². The topological polar surface area (TPSA) is 196 Å². The first-order valence-corrected chi connectivity index (χ1v) is 14.1. The summed E-state index contributed by atoms with van der Waals surface area (Å²) in [5.74, 6) is -3.28. The van der Waals surface area contributed by atoms with E-state index < -0.39 is 59.9 Å². The van der Waals surface area contributed by atoms with E-state index in [4.69, 9.17) is 35.2 Å². The number of rotatable bonds is 6. The number of nitrogens with one attached hydrogen (secondary N) is 1. The first-order valence-electron chi connectivity index (χ1n) is 14.1. The monoisotopic (exact) mass is 617 g/mol. The molecule has 2 aliphatic rings. The standard InChI is InChI=1S/C31H43N3O10/c1-16-11-20-26(37)21(14-22(35)29(20)42-7)34-30(38)17(2)9-8-10-23(40-5)27(44-31(33)39)18(3)13-19(4)28(24(12-16)41-6)43-25(36)15-32/h8-10,13-14,16,19,23-24,27-28H,11-12,15,32H2,1-7H3,(H2,33,39)(H,34,38)/b10-8-,17-9+,18-13+/t16-,19-,23?,24+,27-,28?/m1/s1. The third-order valence-electron chi connectivity index (χ3n) is 7.35. The summed E-state index contributed by atoms with van der Waals surface area (Å²) >= 11 is 0. The van der Waals surface area contributed by atoms with Gasteiger partial charge in [0.25, 0.3) is 5.91 Å². The molecule has 242 valence electrons. The van der Waals surface area contributed by atoms with Gasteiger partial charge in [0, 0.05) is 37.4 Å². The Morgan fingerprint density at radius 2 is 1.73 bits per heavy atom. The van der Waals surface area contributed by atoms with Crippen molar-refractivity contribution in [3.8, 4) is 0 Å². The highest BCUT2D eigenvalue weighted by Gasteiger charge is 2.35. The average molecular weight is 618 g/mol. The largest absolute Gasteiger partial charge is 0.492 e. The molecule has 2 rings (SSSR count). The van der Waals surface area contributed by atoms with E-state index >= 15 is 0 Å². The van der Waals surface area contributed by atoms with Crippen LogP contribution in [0.25, 0.3) is 0 Å². The number of hydrogen-bond donors (Lipinski definition) is 3. The summed E-state index contributed by atoms with van der Waals surface area (Å²) in [5.41, 5.74) is 11.6. The summed E-state index contributed by atoms with van der Waals surface area (Å²) in [7, 11) is 4.17. The molecule has 44 heavy (non-hydrogen) atoms. The second kappa shape index (κ2) is 16.7. The number of methoxy groups -OCH3 is 3. The number of hydrogen-bond acceptors (Lipinski definition) is 11. The molecule has 13 nitrogen and oxygen atoms in total. The van der Waals surface area contributed by atoms with E-state index in [-0.39, 0.29) is 47.9 Å². The lowest BCUT2D eigenvalue weighted by molar-refractivity contribution is -0.158. The Kier molecular flexibility index (Phi) is 13.7. The zero-order valence-electron chi connectivity index (χ0n) is 26.2. The molecule has 0 radical (unpaired) electrons. The lowest BCUT2D eigenvalue weighted by Crippen LogP contribution is -2.41. The molecule has 0 aromatic heterocycles. The van der Waals surface area contributed by atoms with Gasteiger partial charge in [-0.15, -0.1) is 0 Å². The molecule has 0 aromatic rings. The van der Waals surface area contributed by atoms with Gasteiger partial charge in [0.1, 0.15) is 12.2 Å². The zero-order chi connectivity index (χ0) is 33.1. The predicted octanol–water partition coefficient (Wildman–Crippen LogP) is 1.92. The number of carbonyl (C=O) groups is 5. The quantitative estimate of drug-likeness (QED) is 0.224. The number of nitrogens with two attached hydrogens (primary N) is 2.